The number of anilines is 2. The van der Waals surface area contributed by atoms with E-state index in [0.717, 1.165) is 37.6 Å². The summed E-state index contributed by atoms with van der Waals surface area (Å²) in [5.41, 5.74) is 6.83. The fourth-order valence-electron chi connectivity index (χ4n) is 2.44. The van der Waals surface area contributed by atoms with Crippen molar-refractivity contribution >= 4 is 11.8 Å². The molecule has 0 unspecified atom stereocenters. The second-order valence-electron chi connectivity index (χ2n) is 5.29. The Hall–Kier alpha value is -2.15. The number of nitrogen functional groups attached to an aromatic ring is 1. The summed E-state index contributed by atoms with van der Waals surface area (Å²) in [6.45, 7) is 3.19. The molecule has 1 atom stereocenters. The highest BCUT2D eigenvalue weighted by Gasteiger charge is 2.21. The van der Waals surface area contributed by atoms with Crippen molar-refractivity contribution < 1.29 is 4.74 Å². The lowest BCUT2D eigenvalue weighted by atomic mass is 10.0. The number of hydrogen-bond donors (Lipinski definition) is 1. The minimum Gasteiger partial charge on any atom is -0.381 e. The van der Waals surface area contributed by atoms with Gasteiger partial charge < -0.3 is 19.9 Å². The quantitative estimate of drug-likeness (QED) is 0.880. The topological polar surface area (TPSA) is 82.1 Å². The van der Waals surface area contributed by atoms with Crippen molar-refractivity contribution in [2.24, 2.45) is 0 Å². The van der Waals surface area contributed by atoms with Gasteiger partial charge in [0.25, 0.3) is 0 Å². The lowest BCUT2D eigenvalue weighted by molar-refractivity contribution is 0.193. The van der Waals surface area contributed by atoms with Gasteiger partial charge in [0.2, 0.25) is 5.95 Å². The number of nitrogens with zero attached hydrogens (tertiary/aromatic N) is 5. The summed E-state index contributed by atoms with van der Waals surface area (Å²) in [6, 6.07) is 2.02. The van der Waals surface area contributed by atoms with Crippen molar-refractivity contribution in [1.82, 2.24) is 19.5 Å². The van der Waals surface area contributed by atoms with E-state index in [2.05, 4.69) is 19.9 Å². The van der Waals surface area contributed by atoms with Crippen LogP contribution in [0, 0.1) is 0 Å². The van der Waals surface area contributed by atoms with Gasteiger partial charge in [0.1, 0.15) is 5.82 Å². The summed E-state index contributed by atoms with van der Waals surface area (Å²) in [4.78, 5) is 14.8. The van der Waals surface area contributed by atoms with Gasteiger partial charge in [-0.25, -0.2) is 9.97 Å². The molecule has 0 amide bonds. The molecule has 2 aromatic rings. The second-order valence-corrected chi connectivity index (χ2v) is 5.29. The van der Waals surface area contributed by atoms with E-state index in [4.69, 9.17) is 10.5 Å². The van der Waals surface area contributed by atoms with Crippen LogP contribution in [0.2, 0.25) is 0 Å². The number of imidazole rings is 1. The van der Waals surface area contributed by atoms with Gasteiger partial charge in [0.15, 0.2) is 0 Å². The maximum Gasteiger partial charge on any atom is 0.222 e. The smallest absolute Gasteiger partial charge is 0.222 e. The third-order valence-corrected chi connectivity index (χ3v) is 3.74. The lowest BCUT2D eigenvalue weighted by Crippen LogP contribution is -2.24. The molecule has 0 saturated carbocycles. The number of ether oxygens (including phenoxy) is 1. The Labute approximate surface area is 123 Å². The van der Waals surface area contributed by atoms with E-state index < -0.39 is 0 Å². The molecule has 1 aliphatic heterocycles. The predicted molar refractivity (Wildman–Crippen MR) is 80.1 cm³/mol. The summed E-state index contributed by atoms with van der Waals surface area (Å²) in [7, 11) is 2.01. The molecule has 2 aromatic heterocycles. The van der Waals surface area contributed by atoms with Crippen molar-refractivity contribution in [2.45, 2.75) is 18.9 Å². The maximum atomic E-state index is 5.85. The van der Waals surface area contributed by atoms with Crippen LogP contribution >= 0.6 is 0 Å². The SMILES string of the molecule is CN(CCn1ccnc1)c1cc([C@@H]2CCOC2)nc(N)n1. The minimum absolute atomic E-state index is 0.323. The molecule has 0 aromatic carbocycles. The Morgan fingerprint density at radius 1 is 1.48 bits per heavy atom. The summed E-state index contributed by atoms with van der Waals surface area (Å²) in [6.07, 6.45) is 6.53. The fourth-order valence-corrected chi connectivity index (χ4v) is 2.44. The van der Waals surface area contributed by atoms with Crippen LogP contribution in [0.15, 0.2) is 24.8 Å². The molecule has 1 fully saturated rings. The molecule has 21 heavy (non-hydrogen) atoms. The minimum atomic E-state index is 0.323. The molecule has 3 rings (SSSR count). The van der Waals surface area contributed by atoms with Crippen LogP contribution < -0.4 is 10.6 Å². The van der Waals surface area contributed by atoms with E-state index in [1.54, 1.807) is 6.20 Å². The van der Waals surface area contributed by atoms with Crippen LogP contribution in [0.5, 0.6) is 0 Å². The Morgan fingerprint density at radius 2 is 2.38 bits per heavy atom. The number of nitrogens with two attached hydrogens (primary N) is 1. The molecule has 1 saturated heterocycles. The first kappa shape index (κ1) is 13.8. The van der Waals surface area contributed by atoms with Crippen molar-refractivity contribution in [1.29, 1.82) is 0 Å². The molecule has 2 N–H and O–H groups in total. The average molecular weight is 288 g/mol. The van der Waals surface area contributed by atoms with Gasteiger partial charge in [0.05, 0.1) is 18.6 Å². The van der Waals surface area contributed by atoms with E-state index in [0.29, 0.717) is 18.5 Å². The highest BCUT2D eigenvalue weighted by atomic mass is 16.5. The Balaban J connectivity index is 1.71. The van der Waals surface area contributed by atoms with Crippen LogP contribution in [0.1, 0.15) is 18.0 Å². The van der Waals surface area contributed by atoms with Crippen LogP contribution in [-0.2, 0) is 11.3 Å². The van der Waals surface area contributed by atoms with Crippen LogP contribution in [0.4, 0.5) is 11.8 Å². The zero-order valence-electron chi connectivity index (χ0n) is 12.1. The van der Waals surface area contributed by atoms with Crippen molar-refractivity contribution in [2.75, 3.05) is 37.4 Å². The normalized spacial score (nSPS) is 18.0. The van der Waals surface area contributed by atoms with E-state index in [-0.39, 0.29) is 0 Å². The van der Waals surface area contributed by atoms with Crippen LogP contribution in [0.25, 0.3) is 0 Å². The molecule has 112 valence electrons. The van der Waals surface area contributed by atoms with Crippen LogP contribution in [-0.4, -0.2) is 46.3 Å². The molecule has 1 aliphatic rings. The van der Waals surface area contributed by atoms with Crippen LogP contribution in [0.3, 0.4) is 0 Å². The molecule has 0 radical (unpaired) electrons. The third-order valence-electron chi connectivity index (χ3n) is 3.74. The molecule has 0 bridgehead atoms. The highest BCUT2D eigenvalue weighted by molar-refractivity contribution is 5.43. The zero-order chi connectivity index (χ0) is 14.7. The average Bonchev–Trinajstić information content (AvgIpc) is 3.17. The number of likely N-dealkylation sites (N-methyl/N-ethyl adjacent to an activating group) is 1. The van der Waals surface area contributed by atoms with Gasteiger partial charge in [-0.15, -0.1) is 0 Å². The van der Waals surface area contributed by atoms with E-state index in [1.165, 1.54) is 0 Å². The van der Waals surface area contributed by atoms with Gasteiger partial charge in [-0.05, 0) is 6.42 Å². The zero-order valence-corrected chi connectivity index (χ0v) is 12.1. The van der Waals surface area contributed by atoms with Crippen molar-refractivity contribution in [3.05, 3.63) is 30.5 Å². The Bertz CT molecular complexity index is 579. The maximum absolute atomic E-state index is 5.85. The molecule has 7 nitrogen and oxygen atoms in total. The Kier molecular flexibility index (Phi) is 4.01. The van der Waals surface area contributed by atoms with E-state index >= 15 is 0 Å². The predicted octanol–water partition coefficient (Wildman–Crippen LogP) is 0.896. The van der Waals surface area contributed by atoms with Crippen molar-refractivity contribution in [3.8, 4) is 0 Å². The molecule has 7 heteroatoms. The van der Waals surface area contributed by atoms with Gasteiger partial charge in [-0.1, -0.05) is 0 Å². The first-order valence-electron chi connectivity index (χ1n) is 7.11. The Morgan fingerprint density at radius 3 is 3.10 bits per heavy atom. The monoisotopic (exact) mass is 288 g/mol. The standard InChI is InChI=1S/C14H20N6O/c1-19(5-6-20-4-3-16-10-20)13-8-12(17-14(15)18-13)11-2-7-21-9-11/h3-4,8,10-11H,2,5-7,9H2,1H3,(H2,15,17,18)/t11-/m1/s1. The highest BCUT2D eigenvalue weighted by Crippen LogP contribution is 2.26. The van der Waals surface area contributed by atoms with Gasteiger partial charge >= 0.3 is 0 Å². The first-order valence-corrected chi connectivity index (χ1v) is 7.11. The van der Waals surface area contributed by atoms with E-state index in [1.807, 2.05) is 30.2 Å². The number of hydrogen-bond acceptors (Lipinski definition) is 6. The first-order chi connectivity index (χ1) is 10.2. The third kappa shape index (κ3) is 3.30. The molecule has 3 heterocycles. The molecular formula is C14H20N6O. The molecule has 0 aliphatic carbocycles. The molecule has 0 spiro atoms. The second kappa shape index (κ2) is 6.09. The fraction of sp³-hybridized carbons (Fsp3) is 0.500. The van der Waals surface area contributed by atoms with Crippen molar-refractivity contribution in [3.63, 3.8) is 0 Å². The summed E-state index contributed by atoms with van der Waals surface area (Å²) in [5, 5.41) is 0. The van der Waals surface area contributed by atoms with Gasteiger partial charge in [-0.2, -0.15) is 4.98 Å². The number of rotatable bonds is 5. The van der Waals surface area contributed by atoms with E-state index in [9.17, 15) is 0 Å². The molecular weight excluding hydrogens is 268 g/mol. The van der Waals surface area contributed by atoms with Gasteiger partial charge in [-0.3, -0.25) is 0 Å². The largest absolute Gasteiger partial charge is 0.381 e. The lowest BCUT2D eigenvalue weighted by Gasteiger charge is -2.20. The number of aromatic nitrogens is 4. The van der Waals surface area contributed by atoms with Gasteiger partial charge in [0, 0.05) is 51.1 Å². The summed E-state index contributed by atoms with van der Waals surface area (Å²) < 4.78 is 7.46. The summed E-state index contributed by atoms with van der Waals surface area (Å²) in [5.74, 6) is 1.50. The summed E-state index contributed by atoms with van der Waals surface area (Å²) >= 11 is 0.